The zero-order valence-electron chi connectivity index (χ0n) is 37.0. The van der Waals surface area contributed by atoms with E-state index in [2.05, 4.69) is 11.0 Å². The first-order chi connectivity index (χ1) is 29.7. The molecule has 3 atom stereocenters. The number of methoxy groups -OCH3 is 2. The first-order valence-corrected chi connectivity index (χ1v) is 21.6. The summed E-state index contributed by atoms with van der Waals surface area (Å²) in [6.45, 7) is 11.1. The number of fused-ring (bicyclic) bond motifs is 2. The van der Waals surface area contributed by atoms with E-state index < -0.39 is 11.6 Å². The van der Waals surface area contributed by atoms with Crippen molar-refractivity contribution < 1.29 is 42.4 Å². The number of nitrogens with zero attached hydrogens (tertiary/aromatic N) is 6. The van der Waals surface area contributed by atoms with E-state index in [4.69, 9.17) is 43.5 Å². The smallest absolute Gasteiger partial charge is 0.410 e. The molecule has 5 aromatic rings. The number of likely N-dealkylation sites (N-methyl/N-ethyl adjacent to an activating group) is 1. The van der Waals surface area contributed by atoms with Crippen LogP contribution in [0.1, 0.15) is 105 Å². The largest absolute Gasteiger partial charge is 0.486 e. The van der Waals surface area contributed by atoms with Gasteiger partial charge in [-0.05, 0) is 114 Å². The maximum absolute atomic E-state index is 16.5. The Hall–Kier alpha value is -5.54. The van der Waals surface area contributed by atoms with Gasteiger partial charge in [0.05, 0.1) is 30.5 Å². The summed E-state index contributed by atoms with van der Waals surface area (Å²) >= 11 is 0. The Morgan fingerprint density at radius 3 is 2.45 bits per heavy atom. The van der Waals surface area contributed by atoms with E-state index in [1.165, 1.54) is 7.11 Å². The molecular weight excluding hydrogens is 796 g/mol. The Bertz CT molecular complexity index is 2460. The number of halogens is 1. The molecule has 62 heavy (non-hydrogen) atoms. The number of anilines is 1. The predicted octanol–water partition coefficient (Wildman–Crippen LogP) is 8.90. The SMILES string of the molecule is COC(=O)c1ccc(COc2c(-c3c(C)c(F)cc4c3cnn4C3CCCCO3)c(C3CC3)cc3c(N(C)[C@@H]4CCN(C(=O)OC(C)(C)C)C4)nc(OC[C@H](C)OC)nc23)cc1. The monoisotopic (exact) mass is 852 g/mol. The highest BCUT2D eigenvalue weighted by molar-refractivity contribution is 6.06. The molecule has 1 unspecified atom stereocenters. The minimum absolute atomic E-state index is 0.101. The van der Waals surface area contributed by atoms with E-state index in [0.717, 1.165) is 59.6 Å². The highest BCUT2D eigenvalue weighted by Gasteiger charge is 2.37. The quantitative estimate of drug-likeness (QED) is 0.105. The number of esters is 1. The van der Waals surface area contributed by atoms with Crippen molar-refractivity contribution in [2.45, 2.75) is 110 Å². The molecule has 0 N–H and O–H groups in total. The topological polar surface area (TPSA) is 140 Å². The summed E-state index contributed by atoms with van der Waals surface area (Å²) in [6.07, 6.45) is 6.20. The van der Waals surface area contributed by atoms with E-state index in [1.54, 1.807) is 37.1 Å². The van der Waals surface area contributed by atoms with Crippen LogP contribution in [0.2, 0.25) is 0 Å². The lowest BCUT2D eigenvalue weighted by atomic mass is 9.88. The van der Waals surface area contributed by atoms with Gasteiger partial charge < -0.3 is 38.2 Å². The number of carbonyl (C=O) groups excluding carboxylic acids is 2. The van der Waals surface area contributed by atoms with Crippen LogP contribution in [0.4, 0.5) is 15.0 Å². The molecule has 14 nitrogen and oxygen atoms in total. The van der Waals surface area contributed by atoms with Crippen molar-refractivity contribution in [3.05, 3.63) is 70.7 Å². The van der Waals surface area contributed by atoms with Gasteiger partial charge in [-0.1, -0.05) is 12.1 Å². The predicted molar refractivity (Wildman–Crippen MR) is 232 cm³/mol. The summed E-state index contributed by atoms with van der Waals surface area (Å²) in [7, 11) is 4.94. The van der Waals surface area contributed by atoms with E-state index >= 15 is 4.39 Å². The number of rotatable bonds is 13. The van der Waals surface area contributed by atoms with E-state index in [-0.39, 0.29) is 55.4 Å². The minimum atomic E-state index is -0.625. The molecule has 4 heterocycles. The van der Waals surface area contributed by atoms with Crippen LogP contribution in [0.15, 0.2) is 42.6 Å². The Labute approximate surface area is 361 Å². The molecule has 1 saturated carbocycles. The summed E-state index contributed by atoms with van der Waals surface area (Å²) in [6, 6.07) is 10.8. The molecule has 8 rings (SSSR count). The number of hydrogen-bond acceptors (Lipinski definition) is 12. The van der Waals surface area contributed by atoms with Gasteiger partial charge in [0.25, 0.3) is 0 Å². The molecule has 0 spiro atoms. The van der Waals surface area contributed by atoms with Crippen molar-refractivity contribution in [3.8, 4) is 22.9 Å². The van der Waals surface area contributed by atoms with Crippen molar-refractivity contribution in [1.82, 2.24) is 24.6 Å². The Kier molecular flexibility index (Phi) is 12.3. The van der Waals surface area contributed by atoms with E-state index in [9.17, 15) is 9.59 Å². The van der Waals surface area contributed by atoms with Crippen LogP contribution < -0.4 is 14.4 Å². The Balaban J connectivity index is 1.33. The summed E-state index contributed by atoms with van der Waals surface area (Å²) < 4.78 is 54.0. The van der Waals surface area contributed by atoms with E-state index in [1.807, 2.05) is 57.8 Å². The molecule has 2 aliphatic heterocycles. The Morgan fingerprint density at radius 1 is 1.00 bits per heavy atom. The maximum Gasteiger partial charge on any atom is 0.410 e. The number of hydrogen-bond donors (Lipinski definition) is 0. The first kappa shape index (κ1) is 43.1. The normalized spacial score (nSPS) is 18.6. The second kappa shape index (κ2) is 17.7. The van der Waals surface area contributed by atoms with Crippen molar-refractivity contribution in [2.24, 2.45) is 0 Å². The molecule has 1 aliphatic carbocycles. The molecule has 3 fully saturated rings. The van der Waals surface area contributed by atoms with Crippen molar-refractivity contribution in [1.29, 1.82) is 0 Å². The van der Waals surface area contributed by atoms with Crippen LogP contribution in [0.3, 0.4) is 0 Å². The van der Waals surface area contributed by atoms with Gasteiger partial charge in [0.2, 0.25) is 0 Å². The third-order valence-electron chi connectivity index (χ3n) is 12.0. The molecule has 330 valence electrons. The summed E-state index contributed by atoms with van der Waals surface area (Å²) in [5.41, 5.74) is 4.56. The Morgan fingerprint density at radius 2 is 1.77 bits per heavy atom. The van der Waals surface area contributed by atoms with Crippen LogP contribution in [0, 0.1) is 12.7 Å². The molecule has 2 aromatic heterocycles. The lowest BCUT2D eigenvalue weighted by Gasteiger charge is -2.29. The molecule has 15 heteroatoms. The molecule has 0 bridgehead atoms. The second-order valence-electron chi connectivity index (χ2n) is 17.7. The maximum atomic E-state index is 16.5. The third-order valence-corrected chi connectivity index (χ3v) is 12.0. The van der Waals surface area contributed by atoms with Crippen LogP contribution in [-0.2, 0) is 25.6 Å². The van der Waals surface area contributed by atoms with Crippen LogP contribution in [0.5, 0.6) is 11.8 Å². The lowest BCUT2D eigenvalue weighted by Crippen LogP contribution is -2.39. The average Bonchev–Trinajstić information content (AvgIpc) is 3.84. The first-order valence-electron chi connectivity index (χ1n) is 21.6. The zero-order valence-corrected chi connectivity index (χ0v) is 37.0. The van der Waals surface area contributed by atoms with Gasteiger partial charge in [0.15, 0.2) is 12.0 Å². The molecule has 1 amide bonds. The summed E-state index contributed by atoms with van der Waals surface area (Å²) in [5, 5.41) is 6.33. The average molecular weight is 853 g/mol. The number of aromatic nitrogens is 4. The van der Waals surface area contributed by atoms with Crippen molar-refractivity contribution in [2.75, 3.05) is 52.5 Å². The number of carbonyl (C=O) groups is 2. The number of likely N-dealkylation sites (tertiary alicyclic amines) is 1. The van der Waals surface area contributed by atoms with Crippen molar-refractivity contribution in [3.63, 3.8) is 0 Å². The summed E-state index contributed by atoms with van der Waals surface area (Å²) in [5.74, 6) is 0.411. The van der Waals surface area contributed by atoms with Gasteiger partial charge in [0.1, 0.15) is 36.0 Å². The van der Waals surface area contributed by atoms with Crippen LogP contribution in [-0.4, -0.2) is 102 Å². The number of ether oxygens (including phenoxy) is 6. The van der Waals surface area contributed by atoms with Gasteiger partial charge in [-0.15, -0.1) is 0 Å². The van der Waals surface area contributed by atoms with Gasteiger partial charge in [-0.3, -0.25) is 0 Å². The lowest BCUT2D eigenvalue weighted by molar-refractivity contribution is -0.0366. The minimum Gasteiger partial charge on any atom is -0.486 e. The van der Waals surface area contributed by atoms with Gasteiger partial charge in [0, 0.05) is 67.9 Å². The molecule has 3 aliphatic rings. The van der Waals surface area contributed by atoms with Crippen molar-refractivity contribution >= 4 is 39.7 Å². The third kappa shape index (κ3) is 8.87. The fourth-order valence-electron chi connectivity index (χ4n) is 8.39. The van der Waals surface area contributed by atoms with Gasteiger partial charge >= 0.3 is 18.1 Å². The van der Waals surface area contributed by atoms with Crippen LogP contribution >= 0.6 is 0 Å². The zero-order chi connectivity index (χ0) is 43.9. The van der Waals surface area contributed by atoms with E-state index in [0.29, 0.717) is 65.4 Å². The number of amides is 1. The molecule has 2 saturated heterocycles. The van der Waals surface area contributed by atoms with Gasteiger partial charge in [-0.25, -0.2) is 18.7 Å². The fraction of sp³-hybridized carbons (Fsp3) is 0.511. The molecule has 3 aromatic carbocycles. The standard InChI is InChI=1S/C47H57FN6O8/c1-27(57-7)25-61-45-50-41-34(43(51-45)52(6)32-18-19-53(24-32)46(56)62-47(3,4)5)21-33(30-16-17-30)40(42(41)60-26-29-12-14-31(15-13-29)44(55)58-8)39-28(2)36(48)22-37-35(39)23-49-54(37)38-11-9-10-20-59-38/h12-15,21-23,27,30,32,38H,9-11,16-20,24-26H2,1-8H3/t27-,32+,38?/m0/s1. The van der Waals surface area contributed by atoms with Gasteiger partial charge in [-0.2, -0.15) is 15.1 Å². The number of benzene rings is 3. The van der Waals surface area contributed by atoms with Crippen LogP contribution in [0.25, 0.3) is 32.9 Å². The highest BCUT2D eigenvalue weighted by atomic mass is 19.1. The molecule has 0 radical (unpaired) electrons. The molecular formula is C47H57FN6O8. The fourth-order valence-corrected chi connectivity index (χ4v) is 8.39. The summed E-state index contributed by atoms with van der Waals surface area (Å²) in [4.78, 5) is 39.5. The second-order valence-corrected chi connectivity index (χ2v) is 17.7. The highest BCUT2D eigenvalue weighted by Crippen LogP contribution is 2.53.